The summed E-state index contributed by atoms with van der Waals surface area (Å²) in [4.78, 5) is 31.0. The van der Waals surface area contributed by atoms with E-state index >= 15 is 0 Å². The normalized spacial score (nSPS) is 11.3. The van der Waals surface area contributed by atoms with Crippen LogP contribution in [0.2, 0.25) is 0 Å². The first kappa shape index (κ1) is 18.8. The SMILES string of the molecule is CCN(CC)CCn1c(NC(=O)c2ccc(=O)n(C)n2)nc2ccccc21. The van der Waals surface area contributed by atoms with Gasteiger partial charge in [-0.15, -0.1) is 0 Å². The summed E-state index contributed by atoms with van der Waals surface area (Å²) in [5, 5.41) is 6.84. The van der Waals surface area contributed by atoms with Crippen LogP contribution in [-0.2, 0) is 13.6 Å². The van der Waals surface area contributed by atoms with E-state index in [2.05, 4.69) is 34.1 Å². The molecule has 3 rings (SSSR count). The predicted molar refractivity (Wildman–Crippen MR) is 105 cm³/mol. The molecule has 0 saturated heterocycles. The van der Waals surface area contributed by atoms with Gasteiger partial charge in [0.2, 0.25) is 5.95 Å². The van der Waals surface area contributed by atoms with Gasteiger partial charge in [-0.25, -0.2) is 9.67 Å². The lowest BCUT2D eigenvalue weighted by atomic mass is 10.3. The van der Waals surface area contributed by atoms with Crippen LogP contribution in [0.3, 0.4) is 0 Å². The van der Waals surface area contributed by atoms with Crippen molar-refractivity contribution in [1.82, 2.24) is 24.2 Å². The van der Waals surface area contributed by atoms with E-state index in [4.69, 9.17) is 0 Å². The molecule has 0 saturated carbocycles. The number of hydrogen-bond donors (Lipinski definition) is 1. The van der Waals surface area contributed by atoms with Crippen LogP contribution in [0.1, 0.15) is 24.3 Å². The maximum absolute atomic E-state index is 12.6. The summed E-state index contributed by atoms with van der Waals surface area (Å²) in [5.74, 6) is 0.0778. The molecule has 8 heteroatoms. The van der Waals surface area contributed by atoms with Gasteiger partial charge in [0, 0.05) is 26.2 Å². The van der Waals surface area contributed by atoms with Gasteiger partial charge < -0.3 is 9.47 Å². The molecule has 0 aliphatic heterocycles. The molecular weight excluding hydrogens is 344 g/mol. The number of imidazole rings is 1. The molecule has 0 spiro atoms. The third kappa shape index (κ3) is 4.06. The fourth-order valence-corrected chi connectivity index (χ4v) is 2.97. The number of para-hydroxylation sites is 2. The van der Waals surface area contributed by atoms with Crippen molar-refractivity contribution in [3.63, 3.8) is 0 Å². The maximum atomic E-state index is 12.6. The molecule has 0 fully saturated rings. The van der Waals surface area contributed by atoms with Gasteiger partial charge in [-0.05, 0) is 31.3 Å². The maximum Gasteiger partial charge on any atom is 0.278 e. The Morgan fingerprint density at radius 2 is 1.89 bits per heavy atom. The van der Waals surface area contributed by atoms with Crippen LogP contribution in [-0.4, -0.2) is 49.8 Å². The Labute approximate surface area is 157 Å². The summed E-state index contributed by atoms with van der Waals surface area (Å²) in [6.45, 7) is 7.75. The van der Waals surface area contributed by atoms with Gasteiger partial charge in [-0.2, -0.15) is 5.10 Å². The van der Waals surface area contributed by atoms with Gasteiger partial charge >= 0.3 is 0 Å². The topological polar surface area (TPSA) is 85.0 Å². The van der Waals surface area contributed by atoms with E-state index in [1.54, 1.807) is 0 Å². The van der Waals surface area contributed by atoms with E-state index in [-0.39, 0.29) is 11.3 Å². The van der Waals surface area contributed by atoms with Gasteiger partial charge in [-0.1, -0.05) is 26.0 Å². The molecule has 142 valence electrons. The molecule has 2 heterocycles. The molecule has 8 nitrogen and oxygen atoms in total. The molecule has 1 amide bonds. The van der Waals surface area contributed by atoms with Crippen molar-refractivity contribution < 1.29 is 4.79 Å². The third-order valence-corrected chi connectivity index (χ3v) is 4.61. The number of carbonyl (C=O) groups excluding carboxylic acids is 1. The number of nitrogens with zero attached hydrogens (tertiary/aromatic N) is 5. The molecule has 27 heavy (non-hydrogen) atoms. The Balaban J connectivity index is 1.90. The summed E-state index contributed by atoms with van der Waals surface area (Å²) in [6.07, 6.45) is 0. The smallest absolute Gasteiger partial charge is 0.278 e. The van der Waals surface area contributed by atoms with E-state index < -0.39 is 5.91 Å². The van der Waals surface area contributed by atoms with E-state index in [1.807, 2.05) is 28.8 Å². The minimum atomic E-state index is -0.398. The Morgan fingerprint density at radius 1 is 1.15 bits per heavy atom. The zero-order valence-corrected chi connectivity index (χ0v) is 15.8. The van der Waals surface area contributed by atoms with E-state index in [0.29, 0.717) is 12.5 Å². The average Bonchev–Trinajstić information content (AvgIpc) is 3.02. The summed E-state index contributed by atoms with van der Waals surface area (Å²) in [5.41, 5.74) is 1.69. The average molecular weight is 368 g/mol. The molecule has 0 aliphatic rings. The fourth-order valence-electron chi connectivity index (χ4n) is 2.97. The first-order chi connectivity index (χ1) is 13.0. The Hall–Kier alpha value is -3.00. The number of anilines is 1. The Morgan fingerprint density at radius 3 is 2.59 bits per heavy atom. The molecular formula is C19H24N6O2. The third-order valence-electron chi connectivity index (χ3n) is 4.61. The van der Waals surface area contributed by atoms with Crippen LogP contribution in [0.4, 0.5) is 5.95 Å². The Bertz CT molecular complexity index is 1000. The summed E-state index contributed by atoms with van der Waals surface area (Å²) in [7, 11) is 1.51. The van der Waals surface area contributed by atoms with Crippen LogP contribution < -0.4 is 10.9 Å². The highest BCUT2D eigenvalue weighted by Gasteiger charge is 2.16. The van der Waals surface area contributed by atoms with Crippen LogP contribution in [0.15, 0.2) is 41.2 Å². The van der Waals surface area contributed by atoms with E-state index in [9.17, 15) is 9.59 Å². The van der Waals surface area contributed by atoms with Crippen LogP contribution >= 0.6 is 0 Å². The number of nitrogens with one attached hydrogen (secondary N) is 1. The molecule has 0 radical (unpaired) electrons. The fraction of sp³-hybridized carbons (Fsp3) is 0.368. The first-order valence-corrected chi connectivity index (χ1v) is 9.06. The number of rotatable bonds is 7. The quantitative estimate of drug-likeness (QED) is 0.686. The van der Waals surface area contributed by atoms with Gasteiger partial charge in [0.25, 0.3) is 11.5 Å². The molecule has 2 aromatic heterocycles. The highest BCUT2D eigenvalue weighted by atomic mass is 16.2. The monoisotopic (exact) mass is 368 g/mol. The standard InChI is InChI=1S/C19H24N6O2/c1-4-24(5-2)12-13-25-16-9-7-6-8-14(16)20-19(25)21-18(27)15-10-11-17(26)23(3)22-15/h6-11H,4-5,12-13H2,1-3H3,(H,20,21,27). The number of aromatic nitrogens is 4. The van der Waals surface area contributed by atoms with Gasteiger partial charge in [0.05, 0.1) is 11.0 Å². The lowest BCUT2D eigenvalue weighted by Gasteiger charge is -2.19. The van der Waals surface area contributed by atoms with Crippen molar-refractivity contribution >= 4 is 22.9 Å². The number of hydrogen-bond acceptors (Lipinski definition) is 5. The van der Waals surface area contributed by atoms with Crippen molar-refractivity contribution in [1.29, 1.82) is 0 Å². The highest BCUT2D eigenvalue weighted by molar-refractivity contribution is 6.02. The largest absolute Gasteiger partial charge is 0.309 e. The minimum Gasteiger partial charge on any atom is -0.309 e. The molecule has 0 unspecified atom stereocenters. The summed E-state index contributed by atoms with van der Waals surface area (Å²) >= 11 is 0. The molecule has 1 aromatic carbocycles. The predicted octanol–water partition coefficient (Wildman–Crippen LogP) is 1.72. The highest BCUT2D eigenvalue weighted by Crippen LogP contribution is 2.20. The lowest BCUT2D eigenvalue weighted by molar-refractivity contribution is 0.101. The first-order valence-electron chi connectivity index (χ1n) is 9.06. The van der Waals surface area contributed by atoms with Crippen molar-refractivity contribution in [2.45, 2.75) is 20.4 Å². The molecule has 1 N–H and O–H groups in total. The van der Waals surface area contributed by atoms with Gasteiger partial charge in [0.15, 0.2) is 0 Å². The second-order valence-electron chi connectivity index (χ2n) is 6.24. The second kappa shape index (κ2) is 8.13. The van der Waals surface area contributed by atoms with E-state index in [0.717, 1.165) is 35.3 Å². The molecule has 0 atom stereocenters. The lowest BCUT2D eigenvalue weighted by Crippen LogP contribution is -2.28. The van der Waals surface area contributed by atoms with Crippen LogP contribution in [0, 0.1) is 0 Å². The van der Waals surface area contributed by atoms with E-state index in [1.165, 1.54) is 19.2 Å². The van der Waals surface area contributed by atoms with Crippen molar-refractivity contribution in [3.8, 4) is 0 Å². The number of carbonyl (C=O) groups is 1. The number of fused-ring (bicyclic) bond motifs is 1. The van der Waals surface area contributed by atoms with Gasteiger partial charge in [0.1, 0.15) is 5.69 Å². The number of likely N-dealkylation sites (N-methyl/N-ethyl adjacent to an activating group) is 1. The summed E-state index contributed by atoms with van der Waals surface area (Å²) in [6, 6.07) is 10.5. The number of benzene rings is 1. The zero-order valence-electron chi connectivity index (χ0n) is 15.8. The van der Waals surface area contributed by atoms with Crippen molar-refractivity contribution in [3.05, 3.63) is 52.4 Å². The molecule has 0 aliphatic carbocycles. The van der Waals surface area contributed by atoms with Crippen molar-refractivity contribution in [2.75, 3.05) is 25.0 Å². The molecule has 0 bridgehead atoms. The van der Waals surface area contributed by atoms with Crippen LogP contribution in [0.25, 0.3) is 11.0 Å². The minimum absolute atomic E-state index is 0.166. The summed E-state index contributed by atoms with van der Waals surface area (Å²) < 4.78 is 3.14. The second-order valence-corrected chi connectivity index (χ2v) is 6.24. The van der Waals surface area contributed by atoms with Crippen molar-refractivity contribution in [2.24, 2.45) is 7.05 Å². The number of amides is 1. The van der Waals surface area contributed by atoms with Crippen LogP contribution in [0.5, 0.6) is 0 Å². The Kier molecular flexibility index (Phi) is 5.66. The molecule has 3 aromatic rings. The van der Waals surface area contributed by atoms with Gasteiger partial charge in [-0.3, -0.25) is 14.9 Å². The number of aryl methyl sites for hydroxylation is 1. The zero-order chi connectivity index (χ0) is 19.4.